The third-order valence-electron chi connectivity index (χ3n) is 5.67. The van der Waals surface area contributed by atoms with Crippen LogP contribution in [-0.4, -0.2) is 55.6 Å². The van der Waals surface area contributed by atoms with E-state index in [4.69, 9.17) is 4.74 Å². The summed E-state index contributed by atoms with van der Waals surface area (Å²) in [7, 11) is 1.37. The van der Waals surface area contributed by atoms with Gasteiger partial charge in [-0.05, 0) is 62.7 Å². The number of carbonyl (C=O) groups excluding carboxylic acids is 2. The van der Waals surface area contributed by atoms with Gasteiger partial charge in [0.15, 0.2) is 0 Å². The lowest BCUT2D eigenvalue weighted by Gasteiger charge is -2.43. The molecule has 0 bridgehead atoms. The van der Waals surface area contributed by atoms with Crippen LogP contribution in [0.25, 0.3) is 0 Å². The molecule has 0 aliphatic carbocycles. The maximum atomic E-state index is 13.5. The van der Waals surface area contributed by atoms with Crippen molar-refractivity contribution in [3.8, 4) is 0 Å². The number of anilines is 2. The van der Waals surface area contributed by atoms with Gasteiger partial charge in [-0.25, -0.2) is 9.18 Å². The van der Waals surface area contributed by atoms with Gasteiger partial charge in [0.25, 0.3) is 0 Å². The summed E-state index contributed by atoms with van der Waals surface area (Å²) in [5.74, 6) is -0.872. The summed E-state index contributed by atoms with van der Waals surface area (Å²) in [4.78, 5) is 28.8. The first kappa shape index (κ1) is 21.8. The summed E-state index contributed by atoms with van der Waals surface area (Å²) < 4.78 is 18.3. The Morgan fingerprint density at radius 1 is 1.17 bits per heavy atom. The van der Waals surface area contributed by atoms with E-state index in [2.05, 4.69) is 22.0 Å². The fraction of sp³-hybridized carbons (Fsp3) is 0.391. The molecule has 2 atom stereocenters. The number of nitrogens with one attached hydrogen (secondary N) is 1. The zero-order valence-corrected chi connectivity index (χ0v) is 17.8. The van der Waals surface area contributed by atoms with E-state index in [0.717, 1.165) is 30.9 Å². The highest BCUT2D eigenvalue weighted by Gasteiger charge is 2.31. The van der Waals surface area contributed by atoms with Gasteiger partial charge in [-0.2, -0.15) is 0 Å². The second-order valence-corrected chi connectivity index (χ2v) is 7.70. The first-order valence-corrected chi connectivity index (χ1v) is 10.1. The molecule has 30 heavy (non-hydrogen) atoms. The second kappa shape index (κ2) is 9.26. The van der Waals surface area contributed by atoms with Crippen LogP contribution >= 0.6 is 0 Å². The standard InChI is InChI=1S/C23H28FN3O3/c1-15-5-8-19(24)13-21(15)25-22(28)17(3)27-12-11-26(14-16(27)2)20-9-6-18(7-10-20)23(29)30-4/h5-10,13,16-17H,11-12,14H2,1-4H3,(H,25,28). The second-order valence-electron chi connectivity index (χ2n) is 7.70. The molecule has 0 aromatic heterocycles. The summed E-state index contributed by atoms with van der Waals surface area (Å²) in [5, 5.41) is 2.86. The Bertz CT molecular complexity index is 916. The average molecular weight is 413 g/mol. The fourth-order valence-corrected chi connectivity index (χ4v) is 3.82. The zero-order valence-electron chi connectivity index (χ0n) is 17.8. The Morgan fingerprint density at radius 3 is 2.50 bits per heavy atom. The molecule has 1 saturated heterocycles. The highest BCUT2D eigenvalue weighted by molar-refractivity contribution is 5.95. The Labute approximate surface area is 176 Å². The molecule has 2 aromatic carbocycles. The SMILES string of the molecule is COC(=O)c1ccc(N2CCN(C(C)C(=O)Nc3cc(F)ccc3C)C(C)C2)cc1. The largest absolute Gasteiger partial charge is 0.465 e. The molecule has 160 valence electrons. The number of halogens is 1. The molecule has 1 fully saturated rings. The molecule has 1 amide bonds. The summed E-state index contributed by atoms with van der Waals surface area (Å²) in [6.45, 7) is 8.05. The minimum absolute atomic E-state index is 0.147. The lowest BCUT2D eigenvalue weighted by Crippen LogP contribution is -2.57. The van der Waals surface area contributed by atoms with Gasteiger partial charge < -0.3 is 15.0 Å². The molecule has 1 aliphatic rings. The number of ether oxygens (including phenoxy) is 1. The van der Waals surface area contributed by atoms with Crippen molar-refractivity contribution in [3.05, 3.63) is 59.4 Å². The molecular weight excluding hydrogens is 385 g/mol. The lowest BCUT2D eigenvalue weighted by atomic mass is 10.1. The first-order valence-electron chi connectivity index (χ1n) is 10.1. The number of piperazine rings is 1. The van der Waals surface area contributed by atoms with Crippen LogP contribution in [0.3, 0.4) is 0 Å². The number of rotatable bonds is 5. The minimum atomic E-state index is -0.372. The van der Waals surface area contributed by atoms with E-state index < -0.39 is 0 Å². The van der Waals surface area contributed by atoms with Crippen LogP contribution < -0.4 is 10.2 Å². The highest BCUT2D eigenvalue weighted by Crippen LogP contribution is 2.23. The van der Waals surface area contributed by atoms with E-state index in [9.17, 15) is 14.0 Å². The molecule has 3 rings (SSSR count). The van der Waals surface area contributed by atoms with Crippen molar-refractivity contribution in [3.63, 3.8) is 0 Å². The van der Waals surface area contributed by atoms with Crippen molar-refractivity contribution in [2.75, 3.05) is 37.0 Å². The number of methoxy groups -OCH3 is 1. The van der Waals surface area contributed by atoms with Gasteiger partial charge in [-0.1, -0.05) is 6.07 Å². The summed E-state index contributed by atoms with van der Waals surface area (Å²) in [5.41, 5.74) is 2.88. The van der Waals surface area contributed by atoms with Crippen molar-refractivity contribution >= 4 is 23.3 Å². The highest BCUT2D eigenvalue weighted by atomic mass is 19.1. The number of benzene rings is 2. The van der Waals surface area contributed by atoms with Gasteiger partial charge in [-0.15, -0.1) is 0 Å². The molecule has 0 radical (unpaired) electrons. The van der Waals surface area contributed by atoms with Gasteiger partial charge >= 0.3 is 5.97 Å². The zero-order chi connectivity index (χ0) is 21.8. The summed E-state index contributed by atoms with van der Waals surface area (Å²) in [6, 6.07) is 11.5. The smallest absolute Gasteiger partial charge is 0.337 e. The predicted octanol–water partition coefficient (Wildman–Crippen LogP) is 3.46. The van der Waals surface area contributed by atoms with E-state index in [0.29, 0.717) is 11.3 Å². The van der Waals surface area contributed by atoms with Gasteiger partial charge in [0, 0.05) is 37.1 Å². The van der Waals surface area contributed by atoms with Crippen molar-refractivity contribution in [2.24, 2.45) is 0 Å². The lowest BCUT2D eigenvalue weighted by molar-refractivity contribution is -0.121. The molecule has 0 spiro atoms. The molecular formula is C23H28FN3O3. The number of nitrogens with zero attached hydrogens (tertiary/aromatic N) is 2. The summed E-state index contributed by atoms with van der Waals surface area (Å²) in [6.07, 6.45) is 0. The molecule has 6 nitrogen and oxygen atoms in total. The third-order valence-corrected chi connectivity index (χ3v) is 5.67. The van der Waals surface area contributed by atoms with Crippen molar-refractivity contribution in [2.45, 2.75) is 32.9 Å². The Balaban J connectivity index is 1.62. The maximum absolute atomic E-state index is 13.5. The van der Waals surface area contributed by atoms with Crippen LogP contribution in [0.2, 0.25) is 0 Å². The quantitative estimate of drug-likeness (QED) is 0.761. The first-order chi connectivity index (χ1) is 14.3. The Kier molecular flexibility index (Phi) is 6.72. The average Bonchev–Trinajstić information content (AvgIpc) is 2.75. The summed E-state index contributed by atoms with van der Waals surface area (Å²) >= 11 is 0. The van der Waals surface area contributed by atoms with E-state index in [1.54, 1.807) is 18.2 Å². The molecule has 7 heteroatoms. The van der Waals surface area contributed by atoms with Crippen LogP contribution in [0, 0.1) is 12.7 Å². The Hall–Kier alpha value is -2.93. The van der Waals surface area contributed by atoms with Crippen LogP contribution in [0.5, 0.6) is 0 Å². The number of aryl methyl sites for hydroxylation is 1. The maximum Gasteiger partial charge on any atom is 0.337 e. The van der Waals surface area contributed by atoms with Crippen molar-refractivity contribution in [1.29, 1.82) is 0 Å². The molecule has 1 aliphatic heterocycles. The predicted molar refractivity (Wildman–Crippen MR) is 115 cm³/mol. The van der Waals surface area contributed by atoms with E-state index in [1.165, 1.54) is 19.2 Å². The number of hydrogen-bond acceptors (Lipinski definition) is 5. The van der Waals surface area contributed by atoms with E-state index >= 15 is 0 Å². The van der Waals surface area contributed by atoms with Crippen LogP contribution in [0.15, 0.2) is 42.5 Å². The van der Waals surface area contributed by atoms with Gasteiger partial charge in [0.05, 0.1) is 18.7 Å². The number of hydrogen-bond donors (Lipinski definition) is 1. The van der Waals surface area contributed by atoms with Crippen molar-refractivity contribution in [1.82, 2.24) is 4.90 Å². The Morgan fingerprint density at radius 2 is 1.87 bits per heavy atom. The molecule has 1 N–H and O–H groups in total. The molecule has 2 aromatic rings. The normalized spacial score (nSPS) is 18.0. The van der Waals surface area contributed by atoms with Crippen LogP contribution in [0.4, 0.5) is 15.8 Å². The molecule has 0 saturated carbocycles. The van der Waals surface area contributed by atoms with Gasteiger partial charge in [-0.3, -0.25) is 9.69 Å². The van der Waals surface area contributed by atoms with Gasteiger partial charge in [0.2, 0.25) is 5.91 Å². The van der Waals surface area contributed by atoms with E-state index in [-0.39, 0.29) is 29.8 Å². The fourth-order valence-electron chi connectivity index (χ4n) is 3.82. The van der Waals surface area contributed by atoms with Crippen molar-refractivity contribution < 1.29 is 18.7 Å². The number of esters is 1. The minimum Gasteiger partial charge on any atom is -0.465 e. The van der Waals surface area contributed by atoms with Gasteiger partial charge in [0.1, 0.15) is 5.82 Å². The van der Waals surface area contributed by atoms with E-state index in [1.807, 2.05) is 26.0 Å². The third kappa shape index (κ3) is 4.79. The van der Waals surface area contributed by atoms with Crippen LogP contribution in [-0.2, 0) is 9.53 Å². The number of carbonyl (C=O) groups is 2. The molecule has 1 heterocycles. The van der Waals surface area contributed by atoms with Crippen LogP contribution in [0.1, 0.15) is 29.8 Å². The topological polar surface area (TPSA) is 61.9 Å². The monoisotopic (exact) mass is 413 g/mol. The molecule has 2 unspecified atom stereocenters. The number of amides is 1.